The second kappa shape index (κ2) is 10.9. The molecule has 0 atom stereocenters. The van der Waals surface area contributed by atoms with E-state index in [0.29, 0.717) is 36.5 Å². The highest BCUT2D eigenvalue weighted by molar-refractivity contribution is 9.10. The SMILES string of the molecule is CCOc1cc(/C=C2\N=C(c3ccc(C(C)C)cc3)OC2=O)cc(Br)c1OCc1ccc(C)cc1. The lowest BCUT2D eigenvalue weighted by molar-refractivity contribution is -0.129. The van der Waals surface area contributed by atoms with Crippen LogP contribution in [0.1, 0.15) is 54.5 Å². The lowest BCUT2D eigenvalue weighted by Crippen LogP contribution is -2.05. The van der Waals surface area contributed by atoms with Gasteiger partial charge in [-0.05, 0) is 82.7 Å². The van der Waals surface area contributed by atoms with Gasteiger partial charge < -0.3 is 14.2 Å². The third kappa shape index (κ3) is 6.01. The second-order valence-corrected chi connectivity index (χ2v) is 9.50. The predicted molar refractivity (Wildman–Crippen MR) is 142 cm³/mol. The molecule has 5 nitrogen and oxygen atoms in total. The smallest absolute Gasteiger partial charge is 0.363 e. The number of nitrogens with zero attached hydrogens (tertiary/aromatic N) is 1. The van der Waals surface area contributed by atoms with Crippen molar-refractivity contribution in [3.63, 3.8) is 0 Å². The van der Waals surface area contributed by atoms with E-state index in [0.717, 1.165) is 21.2 Å². The Labute approximate surface area is 214 Å². The van der Waals surface area contributed by atoms with Crippen molar-refractivity contribution in [2.75, 3.05) is 6.61 Å². The first-order valence-corrected chi connectivity index (χ1v) is 12.4. The lowest BCUT2D eigenvalue weighted by Gasteiger charge is -2.15. The van der Waals surface area contributed by atoms with E-state index in [1.807, 2.05) is 55.5 Å². The van der Waals surface area contributed by atoms with E-state index in [2.05, 4.69) is 53.8 Å². The van der Waals surface area contributed by atoms with Crippen molar-refractivity contribution < 1.29 is 19.0 Å². The van der Waals surface area contributed by atoms with Crippen molar-refractivity contribution in [2.24, 2.45) is 4.99 Å². The van der Waals surface area contributed by atoms with E-state index >= 15 is 0 Å². The summed E-state index contributed by atoms with van der Waals surface area (Å²) in [7, 11) is 0. The normalized spacial score (nSPS) is 14.3. The number of aliphatic imine (C=N–C) groups is 1. The fourth-order valence-electron chi connectivity index (χ4n) is 3.62. The van der Waals surface area contributed by atoms with Gasteiger partial charge >= 0.3 is 5.97 Å². The molecule has 0 bridgehead atoms. The summed E-state index contributed by atoms with van der Waals surface area (Å²) < 4.78 is 18.1. The van der Waals surface area contributed by atoms with Gasteiger partial charge in [-0.3, -0.25) is 0 Å². The van der Waals surface area contributed by atoms with Crippen molar-refractivity contribution >= 4 is 33.9 Å². The van der Waals surface area contributed by atoms with Gasteiger partial charge in [0.25, 0.3) is 0 Å². The Hall–Kier alpha value is -3.38. The molecule has 0 spiro atoms. The highest BCUT2D eigenvalue weighted by Crippen LogP contribution is 2.38. The fourth-order valence-corrected chi connectivity index (χ4v) is 4.19. The zero-order chi connectivity index (χ0) is 24.9. The van der Waals surface area contributed by atoms with E-state index in [4.69, 9.17) is 14.2 Å². The number of carbonyl (C=O) groups excluding carboxylic acids is 1. The predicted octanol–water partition coefficient (Wildman–Crippen LogP) is 7.20. The summed E-state index contributed by atoms with van der Waals surface area (Å²) in [6.07, 6.45) is 1.69. The van der Waals surface area contributed by atoms with Crippen LogP contribution < -0.4 is 9.47 Å². The second-order valence-electron chi connectivity index (χ2n) is 8.65. The van der Waals surface area contributed by atoms with E-state index in [1.54, 1.807) is 6.08 Å². The van der Waals surface area contributed by atoms with Crippen molar-refractivity contribution in [3.8, 4) is 11.5 Å². The number of esters is 1. The number of ether oxygens (including phenoxy) is 3. The van der Waals surface area contributed by atoms with Crippen molar-refractivity contribution in [1.29, 1.82) is 0 Å². The maximum atomic E-state index is 12.5. The van der Waals surface area contributed by atoms with E-state index in [1.165, 1.54) is 11.1 Å². The van der Waals surface area contributed by atoms with Crippen LogP contribution in [-0.4, -0.2) is 18.5 Å². The minimum atomic E-state index is -0.485. The molecule has 0 radical (unpaired) electrons. The Morgan fingerprint density at radius 2 is 1.74 bits per heavy atom. The Morgan fingerprint density at radius 3 is 2.40 bits per heavy atom. The van der Waals surface area contributed by atoms with Crippen molar-refractivity contribution in [3.05, 3.63) is 98.7 Å². The summed E-state index contributed by atoms with van der Waals surface area (Å²) in [6, 6.07) is 19.8. The number of hydrogen-bond acceptors (Lipinski definition) is 5. The minimum Gasteiger partial charge on any atom is -0.490 e. The number of rotatable bonds is 8. The highest BCUT2D eigenvalue weighted by Gasteiger charge is 2.24. The monoisotopic (exact) mass is 533 g/mol. The van der Waals surface area contributed by atoms with Gasteiger partial charge in [-0.2, -0.15) is 0 Å². The number of cyclic esters (lactones) is 1. The Kier molecular flexibility index (Phi) is 7.71. The molecule has 0 unspecified atom stereocenters. The summed E-state index contributed by atoms with van der Waals surface area (Å²) >= 11 is 3.60. The maximum Gasteiger partial charge on any atom is 0.363 e. The average Bonchev–Trinajstić information content (AvgIpc) is 3.20. The molecule has 0 aromatic heterocycles. The first kappa shape index (κ1) is 24.7. The molecular weight excluding hydrogens is 506 g/mol. The molecule has 1 aliphatic rings. The van der Waals surface area contributed by atoms with Crippen LogP contribution in [0.4, 0.5) is 0 Å². The number of carbonyl (C=O) groups is 1. The highest BCUT2D eigenvalue weighted by atomic mass is 79.9. The van der Waals surface area contributed by atoms with Crippen LogP contribution in [0.3, 0.4) is 0 Å². The molecule has 0 fully saturated rings. The molecule has 35 heavy (non-hydrogen) atoms. The van der Waals surface area contributed by atoms with Crippen molar-refractivity contribution in [1.82, 2.24) is 0 Å². The third-order valence-corrected chi connectivity index (χ3v) is 6.17. The van der Waals surface area contributed by atoms with Gasteiger partial charge in [0, 0.05) is 5.56 Å². The third-order valence-electron chi connectivity index (χ3n) is 5.58. The molecule has 6 heteroatoms. The molecule has 0 amide bonds. The summed E-state index contributed by atoms with van der Waals surface area (Å²) in [6.45, 7) is 9.13. The topological polar surface area (TPSA) is 57.1 Å². The van der Waals surface area contributed by atoms with Crippen LogP contribution in [-0.2, 0) is 16.1 Å². The van der Waals surface area contributed by atoms with Crippen LogP contribution in [0.15, 0.2) is 75.8 Å². The lowest BCUT2D eigenvalue weighted by atomic mass is 10.0. The van der Waals surface area contributed by atoms with Crippen LogP contribution in [0, 0.1) is 6.92 Å². The van der Waals surface area contributed by atoms with Gasteiger partial charge in [0.2, 0.25) is 5.90 Å². The molecule has 0 saturated heterocycles. The molecule has 1 aliphatic heterocycles. The van der Waals surface area contributed by atoms with E-state index in [9.17, 15) is 4.79 Å². The van der Waals surface area contributed by atoms with Gasteiger partial charge in [0.15, 0.2) is 17.2 Å². The molecule has 4 rings (SSSR count). The number of hydrogen-bond donors (Lipinski definition) is 0. The van der Waals surface area contributed by atoms with E-state index in [-0.39, 0.29) is 5.70 Å². The average molecular weight is 534 g/mol. The molecule has 0 N–H and O–H groups in total. The van der Waals surface area contributed by atoms with Crippen LogP contribution in [0.25, 0.3) is 6.08 Å². The Balaban J connectivity index is 1.58. The summed E-state index contributed by atoms with van der Waals surface area (Å²) in [5.74, 6) is 1.44. The van der Waals surface area contributed by atoms with Crippen LogP contribution in [0.2, 0.25) is 0 Å². The van der Waals surface area contributed by atoms with Gasteiger partial charge in [-0.25, -0.2) is 9.79 Å². The molecule has 1 heterocycles. The first-order valence-electron chi connectivity index (χ1n) is 11.6. The van der Waals surface area contributed by atoms with Crippen LogP contribution >= 0.6 is 15.9 Å². The van der Waals surface area contributed by atoms with Gasteiger partial charge in [-0.1, -0.05) is 55.8 Å². The molecule has 0 aliphatic carbocycles. The fraction of sp³-hybridized carbons (Fsp3) is 0.241. The molecular formula is C29H28BrNO4. The van der Waals surface area contributed by atoms with Gasteiger partial charge in [-0.15, -0.1) is 0 Å². The molecule has 180 valence electrons. The Morgan fingerprint density at radius 1 is 1.03 bits per heavy atom. The first-order chi connectivity index (χ1) is 16.8. The minimum absolute atomic E-state index is 0.232. The largest absolute Gasteiger partial charge is 0.490 e. The maximum absolute atomic E-state index is 12.5. The van der Waals surface area contributed by atoms with Crippen LogP contribution in [0.5, 0.6) is 11.5 Å². The van der Waals surface area contributed by atoms with Crippen molar-refractivity contribution in [2.45, 2.75) is 40.2 Å². The quantitative estimate of drug-likeness (QED) is 0.227. The zero-order valence-electron chi connectivity index (χ0n) is 20.3. The molecule has 3 aromatic rings. The number of halogens is 1. The van der Waals surface area contributed by atoms with E-state index < -0.39 is 5.97 Å². The number of aryl methyl sites for hydroxylation is 1. The summed E-state index contributed by atoms with van der Waals surface area (Å²) in [5, 5.41) is 0. The van der Waals surface area contributed by atoms with Gasteiger partial charge in [0.05, 0.1) is 11.1 Å². The summed E-state index contributed by atoms with van der Waals surface area (Å²) in [4.78, 5) is 16.9. The van der Waals surface area contributed by atoms with Gasteiger partial charge in [0.1, 0.15) is 6.61 Å². The zero-order valence-corrected chi connectivity index (χ0v) is 21.9. The summed E-state index contributed by atoms with van der Waals surface area (Å²) in [5.41, 5.74) is 5.22. The standard InChI is InChI=1S/C29H28BrNO4/c1-5-33-26-16-21(14-24(30)27(26)34-17-20-8-6-19(4)7-9-20)15-25-29(32)35-28(31-25)23-12-10-22(11-13-23)18(2)3/h6-16,18H,5,17H2,1-4H3/b25-15-. The number of benzene rings is 3. The molecule has 0 saturated carbocycles. The molecule has 3 aromatic carbocycles. The Bertz CT molecular complexity index is 1280.